The SMILES string of the molecule is COc1cccc(NC(=O)c2ccnc(C(=O)NCc3cccc(C)c3)c2)c1. The quantitative estimate of drug-likeness (QED) is 0.690. The first-order chi connectivity index (χ1) is 13.5. The smallest absolute Gasteiger partial charge is 0.270 e. The highest BCUT2D eigenvalue weighted by Gasteiger charge is 2.12. The monoisotopic (exact) mass is 375 g/mol. The summed E-state index contributed by atoms with van der Waals surface area (Å²) in [5.74, 6) is -0.0235. The van der Waals surface area contributed by atoms with Crippen LogP contribution in [0.15, 0.2) is 66.9 Å². The molecule has 2 aromatic carbocycles. The number of hydrogen-bond acceptors (Lipinski definition) is 4. The van der Waals surface area contributed by atoms with Crippen molar-refractivity contribution in [1.82, 2.24) is 10.3 Å². The molecule has 0 spiro atoms. The van der Waals surface area contributed by atoms with Gasteiger partial charge in [0.25, 0.3) is 11.8 Å². The van der Waals surface area contributed by atoms with Gasteiger partial charge in [0.2, 0.25) is 0 Å². The number of aryl methyl sites for hydroxylation is 1. The normalized spacial score (nSPS) is 10.2. The van der Waals surface area contributed by atoms with Crippen LogP contribution < -0.4 is 15.4 Å². The number of rotatable bonds is 6. The van der Waals surface area contributed by atoms with E-state index in [1.165, 1.54) is 12.3 Å². The predicted octanol–water partition coefficient (Wildman–Crippen LogP) is 3.58. The Hall–Kier alpha value is -3.67. The van der Waals surface area contributed by atoms with Gasteiger partial charge in [0.05, 0.1) is 7.11 Å². The lowest BCUT2D eigenvalue weighted by molar-refractivity contribution is 0.0946. The first kappa shape index (κ1) is 19.1. The summed E-state index contributed by atoms with van der Waals surface area (Å²) in [6.07, 6.45) is 1.45. The number of benzene rings is 2. The molecule has 1 aromatic heterocycles. The fourth-order valence-corrected chi connectivity index (χ4v) is 2.70. The van der Waals surface area contributed by atoms with Gasteiger partial charge in [-0.1, -0.05) is 35.9 Å². The van der Waals surface area contributed by atoms with E-state index in [0.717, 1.165) is 11.1 Å². The number of hydrogen-bond donors (Lipinski definition) is 2. The topological polar surface area (TPSA) is 80.3 Å². The van der Waals surface area contributed by atoms with Gasteiger partial charge in [0.1, 0.15) is 11.4 Å². The lowest BCUT2D eigenvalue weighted by atomic mass is 10.1. The Morgan fingerprint density at radius 2 is 1.82 bits per heavy atom. The molecule has 142 valence electrons. The summed E-state index contributed by atoms with van der Waals surface area (Å²) in [6.45, 7) is 2.39. The number of aromatic nitrogens is 1. The lowest BCUT2D eigenvalue weighted by Crippen LogP contribution is -2.24. The van der Waals surface area contributed by atoms with Gasteiger partial charge in [0, 0.05) is 30.1 Å². The highest BCUT2D eigenvalue weighted by molar-refractivity contribution is 6.05. The number of nitrogens with one attached hydrogen (secondary N) is 2. The van der Waals surface area contributed by atoms with Gasteiger partial charge in [-0.15, -0.1) is 0 Å². The minimum Gasteiger partial charge on any atom is -0.497 e. The van der Waals surface area contributed by atoms with Gasteiger partial charge in [-0.2, -0.15) is 0 Å². The highest BCUT2D eigenvalue weighted by atomic mass is 16.5. The maximum atomic E-state index is 12.5. The minimum absolute atomic E-state index is 0.186. The molecule has 0 aliphatic heterocycles. The fraction of sp³-hybridized carbons (Fsp3) is 0.136. The Morgan fingerprint density at radius 3 is 2.61 bits per heavy atom. The number of anilines is 1. The molecule has 1 heterocycles. The Bertz CT molecular complexity index is 1000. The van der Waals surface area contributed by atoms with Crippen LogP contribution in [-0.4, -0.2) is 23.9 Å². The van der Waals surface area contributed by atoms with E-state index in [9.17, 15) is 9.59 Å². The van der Waals surface area contributed by atoms with Crippen molar-refractivity contribution in [2.45, 2.75) is 13.5 Å². The third-order valence-electron chi connectivity index (χ3n) is 4.12. The van der Waals surface area contributed by atoms with Crippen molar-refractivity contribution in [1.29, 1.82) is 0 Å². The van der Waals surface area contributed by atoms with Crippen molar-refractivity contribution in [3.8, 4) is 5.75 Å². The zero-order chi connectivity index (χ0) is 19.9. The van der Waals surface area contributed by atoms with Crippen molar-refractivity contribution >= 4 is 17.5 Å². The Morgan fingerprint density at radius 1 is 1.00 bits per heavy atom. The molecule has 2 N–H and O–H groups in total. The van der Waals surface area contributed by atoms with Crippen molar-refractivity contribution < 1.29 is 14.3 Å². The number of pyridine rings is 1. The average molecular weight is 375 g/mol. The van der Waals surface area contributed by atoms with Crippen LogP contribution in [0.5, 0.6) is 5.75 Å². The van der Waals surface area contributed by atoms with Gasteiger partial charge < -0.3 is 15.4 Å². The maximum Gasteiger partial charge on any atom is 0.270 e. The summed E-state index contributed by atoms with van der Waals surface area (Å²) in [5, 5.41) is 5.61. The van der Waals surface area contributed by atoms with Gasteiger partial charge >= 0.3 is 0 Å². The van der Waals surface area contributed by atoms with Crippen LogP contribution in [0, 0.1) is 6.92 Å². The molecule has 0 aliphatic carbocycles. The standard InChI is InChI=1S/C22H21N3O3/c1-15-5-3-6-16(11-15)14-24-22(27)20-12-17(9-10-23-20)21(26)25-18-7-4-8-19(13-18)28-2/h3-13H,14H2,1-2H3,(H,24,27)(H,25,26). The van der Waals surface area contributed by atoms with Crippen LogP contribution in [-0.2, 0) is 6.54 Å². The number of carbonyl (C=O) groups is 2. The second-order valence-electron chi connectivity index (χ2n) is 6.29. The summed E-state index contributed by atoms with van der Waals surface area (Å²) in [7, 11) is 1.56. The van der Waals surface area contributed by atoms with Crippen LogP contribution in [0.2, 0.25) is 0 Å². The van der Waals surface area contributed by atoms with E-state index in [-0.39, 0.29) is 17.5 Å². The Labute approximate surface area is 163 Å². The number of amides is 2. The highest BCUT2D eigenvalue weighted by Crippen LogP contribution is 2.17. The van der Waals surface area contributed by atoms with Crippen molar-refractivity contribution in [2.75, 3.05) is 12.4 Å². The number of carbonyl (C=O) groups excluding carboxylic acids is 2. The van der Waals surface area contributed by atoms with Gasteiger partial charge in [0.15, 0.2) is 0 Å². The third kappa shape index (κ3) is 4.94. The number of methoxy groups -OCH3 is 1. The molecule has 0 unspecified atom stereocenters. The molecule has 3 rings (SSSR count). The molecule has 0 radical (unpaired) electrons. The number of nitrogens with zero attached hydrogens (tertiary/aromatic N) is 1. The second kappa shape index (κ2) is 8.81. The predicted molar refractivity (Wildman–Crippen MR) is 108 cm³/mol. The summed E-state index contributed by atoms with van der Waals surface area (Å²) in [4.78, 5) is 29.0. The third-order valence-corrected chi connectivity index (χ3v) is 4.12. The first-order valence-electron chi connectivity index (χ1n) is 8.80. The zero-order valence-electron chi connectivity index (χ0n) is 15.7. The molecule has 0 atom stereocenters. The molecule has 6 nitrogen and oxygen atoms in total. The molecule has 0 saturated carbocycles. The maximum absolute atomic E-state index is 12.5. The molecular formula is C22H21N3O3. The molecule has 2 amide bonds. The van der Waals surface area contributed by atoms with Crippen LogP contribution in [0.4, 0.5) is 5.69 Å². The molecule has 28 heavy (non-hydrogen) atoms. The average Bonchev–Trinajstić information content (AvgIpc) is 2.72. The van der Waals surface area contributed by atoms with E-state index in [2.05, 4.69) is 15.6 Å². The molecule has 0 saturated heterocycles. The first-order valence-corrected chi connectivity index (χ1v) is 8.80. The van der Waals surface area contributed by atoms with Gasteiger partial charge in [-0.05, 0) is 36.8 Å². The van der Waals surface area contributed by atoms with Gasteiger partial charge in [-0.3, -0.25) is 14.6 Å². The summed E-state index contributed by atoms with van der Waals surface area (Å²) in [6, 6.07) is 18.0. The zero-order valence-corrected chi connectivity index (χ0v) is 15.7. The molecule has 0 bridgehead atoms. The van der Waals surface area contributed by atoms with Crippen LogP contribution in [0.3, 0.4) is 0 Å². The van der Waals surface area contributed by atoms with Crippen LogP contribution in [0.25, 0.3) is 0 Å². The van der Waals surface area contributed by atoms with Crippen LogP contribution >= 0.6 is 0 Å². The summed E-state index contributed by atoms with van der Waals surface area (Å²) < 4.78 is 5.15. The fourth-order valence-electron chi connectivity index (χ4n) is 2.70. The molecular weight excluding hydrogens is 354 g/mol. The van der Waals surface area contributed by atoms with E-state index >= 15 is 0 Å². The van der Waals surface area contributed by atoms with E-state index in [1.807, 2.05) is 31.2 Å². The molecule has 0 aliphatic rings. The minimum atomic E-state index is -0.336. The Balaban J connectivity index is 1.66. The van der Waals surface area contributed by atoms with E-state index in [1.54, 1.807) is 37.4 Å². The lowest BCUT2D eigenvalue weighted by Gasteiger charge is -2.09. The summed E-state index contributed by atoms with van der Waals surface area (Å²) in [5.41, 5.74) is 3.26. The van der Waals surface area contributed by atoms with Crippen molar-refractivity contribution in [3.63, 3.8) is 0 Å². The van der Waals surface area contributed by atoms with Crippen molar-refractivity contribution in [3.05, 3.63) is 89.2 Å². The second-order valence-corrected chi connectivity index (χ2v) is 6.29. The molecule has 6 heteroatoms. The van der Waals surface area contributed by atoms with E-state index in [4.69, 9.17) is 4.74 Å². The summed E-state index contributed by atoms with van der Waals surface area (Å²) >= 11 is 0. The number of ether oxygens (including phenoxy) is 1. The molecule has 0 fully saturated rings. The Kier molecular flexibility index (Phi) is 6.01. The van der Waals surface area contributed by atoms with E-state index < -0.39 is 0 Å². The van der Waals surface area contributed by atoms with Crippen LogP contribution in [0.1, 0.15) is 32.0 Å². The largest absolute Gasteiger partial charge is 0.497 e. The van der Waals surface area contributed by atoms with Crippen molar-refractivity contribution in [2.24, 2.45) is 0 Å². The van der Waals surface area contributed by atoms with E-state index in [0.29, 0.717) is 23.5 Å². The van der Waals surface area contributed by atoms with Gasteiger partial charge in [-0.25, -0.2) is 0 Å². The molecule has 3 aromatic rings.